The normalized spacial score (nSPS) is 18.9. The van der Waals surface area contributed by atoms with E-state index in [2.05, 4.69) is 10.4 Å². The van der Waals surface area contributed by atoms with Gasteiger partial charge >= 0.3 is 5.69 Å². The van der Waals surface area contributed by atoms with E-state index in [1.807, 2.05) is 36.0 Å². The predicted octanol–water partition coefficient (Wildman–Crippen LogP) is 1.88. The highest BCUT2D eigenvalue weighted by Gasteiger charge is 2.13. The van der Waals surface area contributed by atoms with E-state index in [4.69, 9.17) is 0 Å². The molecule has 0 aliphatic carbocycles. The van der Waals surface area contributed by atoms with E-state index in [1.54, 1.807) is 7.05 Å². The Morgan fingerprint density at radius 2 is 2.15 bits per heavy atom. The minimum Gasteiger partial charge on any atom is -0.381 e. The van der Waals surface area contributed by atoms with Crippen molar-refractivity contribution in [1.82, 2.24) is 14.3 Å². The van der Waals surface area contributed by atoms with E-state index in [1.165, 1.54) is 39.9 Å². The van der Waals surface area contributed by atoms with Crippen molar-refractivity contribution in [2.45, 2.75) is 18.9 Å². The van der Waals surface area contributed by atoms with E-state index >= 15 is 0 Å². The molecule has 5 nitrogen and oxygen atoms in total. The second-order valence-electron chi connectivity index (χ2n) is 5.04. The fourth-order valence-corrected chi connectivity index (χ4v) is 3.42. The van der Waals surface area contributed by atoms with E-state index in [0.29, 0.717) is 6.04 Å². The molecule has 1 fully saturated rings. The number of thioether (sulfide) groups is 1. The fraction of sp³-hybridized carbons (Fsp3) is 0.429. The molecule has 2 aromatic rings. The van der Waals surface area contributed by atoms with Gasteiger partial charge in [-0.25, -0.2) is 4.79 Å². The van der Waals surface area contributed by atoms with Crippen LogP contribution in [0, 0.1) is 0 Å². The van der Waals surface area contributed by atoms with Crippen molar-refractivity contribution >= 4 is 17.4 Å². The van der Waals surface area contributed by atoms with E-state index < -0.39 is 0 Å². The molecule has 1 aromatic carbocycles. The molecule has 0 radical (unpaired) electrons. The van der Waals surface area contributed by atoms with Crippen LogP contribution in [0.4, 0.5) is 5.69 Å². The third-order valence-electron chi connectivity index (χ3n) is 3.47. The second-order valence-corrected chi connectivity index (χ2v) is 6.19. The lowest BCUT2D eigenvalue weighted by molar-refractivity contribution is 0.685. The molecule has 1 aromatic heterocycles. The van der Waals surface area contributed by atoms with Crippen molar-refractivity contribution < 1.29 is 0 Å². The Bertz CT molecular complexity index is 625. The molecule has 0 unspecified atom stereocenters. The molecular weight excluding hydrogens is 272 g/mol. The van der Waals surface area contributed by atoms with Gasteiger partial charge in [0, 0.05) is 24.5 Å². The number of rotatable bonds is 3. The zero-order valence-corrected chi connectivity index (χ0v) is 12.3. The molecule has 0 amide bonds. The summed E-state index contributed by atoms with van der Waals surface area (Å²) >= 11 is 2.01. The van der Waals surface area contributed by atoms with Crippen molar-refractivity contribution in [3.05, 3.63) is 41.1 Å². The molecule has 1 N–H and O–H groups in total. The number of aromatic nitrogens is 3. The van der Waals surface area contributed by atoms with Crippen molar-refractivity contribution in [3.8, 4) is 5.69 Å². The summed E-state index contributed by atoms with van der Waals surface area (Å²) in [6.07, 6.45) is 4.03. The summed E-state index contributed by atoms with van der Waals surface area (Å²) in [6, 6.07) is 8.42. The maximum Gasteiger partial charge on any atom is 0.350 e. The molecule has 1 aliphatic rings. The number of aryl methyl sites for hydroxylation is 1. The summed E-state index contributed by atoms with van der Waals surface area (Å²) in [5.74, 6) is 2.45. The third kappa shape index (κ3) is 2.75. The van der Waals surface area contributed by atoms with Crippen LogP contribution < -0.4 is 11.0 Å². The van der Waals surface area contributed by atoms with E-state index in [9.17, 15) is 4.79 Å². The van der Waals surface area contributed by atoms with Crippen LogP contribution in [0.3, 0.4) is 0 Å². The first-order valence-corrected chi connectivity index (χ1v) is 7.95. The molecule has 2 heterocycles. The summed E-state index contributed by atoms with van der Waals surface area (Å²) in [4.78, 5) is 11.8. The van der Waals surface area contributed by atoms with Gasteiger partial charge in [0.15, 0.2) is 0 Å². The topological polar surface area (TPSA) is 51.9 Å². The molecule has 106 valence electrons. The Hall–Kier alpha value is -1.69. The van der Waals surface area contributed by atoms with Crippen LogP contribution in [0.1, 0.15) is 12.8 Å². The zero-order valence-electron chi connectivity index (χ0n) is 11.5. The minimum absolute atomic E-state index is 0.130. The third-order valence-corrected chi connectivity index (χ3v) is 4.68. The Labute approximate surface area is 122 Å². The van der Waals surface area contributed by atoms with Gasteiger partial charge in [0.2, 0.25) is 0 Å². The molecule has 0 bridgehead atoms. The molecule has 6 heteroatoms. The molecule has 0 saturated carbocycles. The fourth-order valence-electron chi connectivity index (χ4n) is 2.34. The van der Waals surface area contributed by atoms with Gasteiger partial charge in [0.05, 0.1) is 5.69 Å². The van der Waals surface area contributed by atoms with Gasteiger partial charge in [-0.05, 0) is 42.9 Å². The van der Waals surface area contributed by atoms with Crippen LogP contribution in [-0.2, 0) is 7.05 Å². The van der Waals surface area contributed by atoms with Gasteiger partial charge in [0.1, 0.15) is 6.33 Å². The highest BCUT2D eigenvalue weighted by Crippen LogP contribution is 2.21. The smallest absolute Gasteiger partial charge is 0.350 e. The number of nitrogens with one attached hydrogen (secondary N) is 1. The molecule has 1 aliphatic heterocycles. The quantitative estimate of drug-likeness (QED) is 0.938. The van der Waals surface area contributed by atoms with Crippen LogP contribution in [-0.4, -0.2) is 31.9 Å². The number of hydrogen-bond donors (Lipinski definition) is 1. The summed E-state index contributed by atoms with van der Waals surface area (Å²) < 4.78 is 2.87. The van der Waals surface area contributed by atoms with E-state index in [-0.39, 0.29) is 5.69 Å². The van der Waals surface area contributed by atoms with Crippen molar-refractivity contribution in [2.75, 3.05) is 16.8 Å². The first-order chi connectivity index (χ1) is 9.74. The first-order valence-electron chi connectivity index (χ1n) is 6.79. The monoisotopic (exact) mass is 290 g/mol. The Kier molecular flexibility index (Phi) is 3.82. The number of benzene rings is 1. The Balaban J connectivity index is 1.74. The van der Waals surface area contributed by atoms with Gasteiger partial charge < -0.3 is 5.32 Å². The highest BCUT2D eigenvalue weighted by molar-refractivity contribution is 7.99. The van der Waals surface area contributed by atoms with Crippen molar-refractivity contribution in [1.29, 1.82) is 0 Å². The average molecular weight is 290 g/mol. The van der Waals surface area contributed by atoms with Gasteiger partial charge in [-0.3, -0.25) is 4.57 Å². The highest BCUT2D eigenvalue weighted by atomic mass is 32.2. The predicted molar refractivity (Wildman–Crippen MR) is 82.8 cm³/mol. The largest absolute Gasteiger partial charge is 0.381 e. The Morgan fingerprint density at radius 3 is 2.75 bits per heavy atom. The summed E-state index contributed by atoms with van der Waals surface area (Å²) in [7, 11) is 1.70. The molecular formula is C14H18N4OS. The maximum absolute atomic E-state index is 11.8. The number of hydrogen-bond acceptors (Lipinski definition) is 4. The molecule has 20 heavy (non-hydrogen) atoms. The van der Waals surface area contributed by atoms with E-state index in [0.717, 1.165) is 11.4 Å². The van der Waals surface area contributed by atoms with Crippen LogP contribution >= 0.6 is 11.8 Å². The molecule has 1 atom stereocenters. The second kappa shape index (κ2) is 5.75. The van der Waals surface area contributed by atoms with Crippen LogP contribution in [0.2, 0.25) is 0 Å². The van der Waals surface area contributed by atoms with Gasteiger partial charge in [-0.15, -0.1) is 0 Å². The number of anilines is 1. The van der Waals surface area contributed by atoms with Crippen LogP contribution in [0.5, 0.6) is 0 Å². The Morgan fingerprint density at radius 1 is 1.35 bits per heavy atom. The van der Waals surface area contributed by atoms with Gasteiger partial charge in [0.25, 0.3) is 0 Å². The van der Waals surface area contributed by atoms with Crippen LogP contribution in [0.25, 0.3) is 5.69 Å². The van der Waals surface area contributed by atoms with Gasteiger partial charge in [-0.1, -0.05) is 0 Å². The zero-order chi connectivity index (χ0) is 13.9. The lowest BCUT2D eigenvalue weighted by atomic mass is 10.1. The van der Waals surface area contributed by atoms with Crippen LogP contribution in [0.15, 0.2) is 35.4 Å². The minimum atomic E-state index is -0.130. The average Bonchev–Trinajstić information content (AvgIpc) is 2.81. The molecule has 1 saturated heterocycles. The number of nitrogens with zero attached hydrogens (tertiary/aromatic N) is 3. The lowest BCUT2D eigenvalue weighted by Crippen LogP contribution is -2.25. The maximum atomic E-state index is 11.8. The van der Waals surface area contributed by atoms with Gasteiger partial charge in [-0.2, -0.15) is 21.5 Å². The lowest BCUT2D eigenvalue weighted by Gasteiger charge is -2.23. The van der Waals surface area contributed by atoms with Crippen molar-refractivity contribution in [2.24, 2.45) is 7.05 Å². The molecule has 3 rings (SSSR count). The first kappa shape index (κ1) is 13.3. The molecule has 0 spiro atoms. The summed E-state index contributed by atoms with van der Waals surface area (Å²) in [6.45, 7) is 0. The summed E-state index contributed by atoms with van der Waals surface area (Å²) in [5, 5.41) is 7.62. The SMILES string of the molecule is Cn1cnn(-c2ccc(N[C@H]3CCCSC3)cc2)c1=O. The summed E-state index contributed by atoms with van der Waals surface area (Å²) in [5.41, 5.74) is 1.76. The standard InChI is InChI=1S/C14H18N4OS/c1-17-10-15-18(14(17)19)13-6-4-11(5-7-13)16-12-3-2-8-20-9-12/h4-7,10,12,16H,2-3,8-9H2,1H3/t12-/m0/s1. The van der Waals surface area contributed by atoms with Crippen molar-refractivity contribution in [3.63, 3.8) is 0 Å².